The van der Waals surface area contributed by atoms with Crippen LogP contribution >= 0.6 is 0 Å². The van der Waals surface area contributed by atoms with E-state index in [1.54, 1.807) is 64.4 Å². The first-order chi connectivity index (χ1) is 16.7. The Kier molecular flexibility index (Phi) is 6.12. The molecule has 0 bridgehead atoms. The Morgan fingerprint density at radius 3 is 2.46 bits per heavy atom. The molecule has 0 amide bonds. The Bertz CT molecular complexity index is 1460. The Morgan fingerprint density at radius 1 is 1.00 bits per heavy atom. The van der Waals surface area contributed by atoms with E-state index in [2.05, 4.69) is 10.1 Å². The quantitative estimate of drug-likeness (QED) is 0.402. The standard InChI is InChI=1S/C25H24F2N4O3S/c1-35(32,33)22-4-2-3-19(13-22)23-15-29-31-16-20(14-28-24(23)31)18-5-7-21(8-6-18)25(26,27)17-30-9-11-34-12-10-30/h2-8,13-16H,9-12,17H2,1H3. The van der Waals surface area contributed by atoms with Gasteiger partial charge in [0.15, 0.2) is 15.5 Å². The second-order valence-corrected chi connectivity index (χ2v) is 10.7. The van der Waals surface area contributed by atoms with Crippen molar-refractivity contribution in [1.82, 2.24) is 19.5 Å². The molecule has 1 aliphatic rings. The number of aromatic nitrogens is 3. The van der Waals surface area contributed by atoms with Crippen LogP contribution in [0, 0.1) is 0 Å². The Labute approximate surface area is 201 Å². The lowest BCUT2D eigenvalue weighted by atomic mass is 10.0. The van der Waals surface area contributed by atoms with E-state index in [-0.39, 0.29) is 17.0 Å². The SMILES string of the molecule is CS(=O)(=O)c1cccc(-c2cnn3cc(-c4ccc(C(F)(F)CN5CCOCC5)cc4)cnc23)c1. The van der Waals surface area contributed by atoms with E-state index in [1.165, 1.54) is 12.1 Å². The van der Waals surface area contributed by atoms with E-state index >= 15 is 0 Å². The van der Waals surface area contributed by atoms with Crippen LogP contribution in [0.5, 0.6) is 0 Å². The molecule has 0 N–H and O–H groups in total. The Balaban J connectivity index is 1.39. The summed E-state index contributed by atoms with van der Waals surface area (Å²) in [5.41, 5.74) is 3.37. The lowest BCUT2D eigenvalue weighted by Gasteiger charge is -2.30. The number of hydrogen-bond acceptors (Lipinski definition) is 6. The molecule has 7 nitrogen and oxygen atoms in total. The molecule has 1 aliphatic heterocycles. The van der Waals surface area contributed by atoms with Gasteiger partial charge in [-0.1, -0.05) is 36.4 Å². The molecule has 0 aliphatic carbocycles. The molecule has 1 saturated heterocycles. The van der Waals surface area contributed by atoms with Crippen molar-refractivity contribution in [3.63, 3.8) is 0 Å². The van der Waals surface area contributed by atoms with Crippen LogP contribution < -0.4 is 0 Å². The molecule has 5 rings (SSSR count). The zero-order chi connectivity index (χ0) is 24.6. The molecule has 1 fully saturated rings. The molecule has 0 unspecified atom stereocenters. The average Bonchev–Trinajstić information content (AvgIpc) is 3.27. The van der Waals surface area contributed by atoms with E-state index in [4.69, 9.17) is 4.74 Å². The molecular formula is C25H24F2N4O3S. The van der Waals surface area contributed by atoms with Crippen LogP contribution in [-0.2, 0) is 20.5 Å². The molecule has 2 aromatic carbocycles. The third kappa shape index (κ3) is 4.95. The van der Waals surface area contributed by atoms with Crippen LogP contribution in [0.2, 0.25) is 0 Å². The summed E-state index contributed by atoms with van der Waals surface area (Å²) in [5.74, 6) is -2.96. The van der Waals surface area contributed by atoms with Gasteiger partial charge in [-0.2, -0.15) is 13.9 Å². The minimum Gasteiger partial charge on any atom is -0.379 e. The molecule has 3 heterocycles. The second-order valence-electron chi connectivity index (χ2n) is 8.64. The maximum Gasteiger partial charge on any atom is 0.285 e. The van der Waals surface area contributed by atoms with Gasteiger partial charge in [-0.05, 0) is 23.3 Å². The zero-order valence-electron chi connectivity index (χ0n) is 19.1. The van der Waals surface area contributed by atoms with Gasteiger partial charge in [-0.25, -0.2) is 17.9 Å². The van der Waals surface area contributed by atoms with Gasteiger partial charge in [-0.15, -0.1) is 0 Å². The van der Waals surface area contributed by atoms with Gasteiger partial charge in [0.1, 0.15) is 0 Å². The highest BCUT2D eigenvalue weighted by atomic mass is 32.2. The number of nitrogens with zero attached hydrogens (tertiary/aromatic N) is 4. The number of fused-ring (bicyclic) bond motifs is 1. The normalized spacial score (nSPS) is 15.5. The number of morpholine rings is 1. The van der Waals surface area contributed by atoms with Crippen LogP contribution in [0.4, 0.5) is 8.78 Å². The van der Waals surface area contributed by atoms with Gasteiger partial charge in [0.25, 0.3) is 5.92 Å². The summed E-state index contributed by atoms with van der Waals surface area (Å²) in [6, 6.07) is 12.8. The lowest BCUT2D eigenvalue weighted by molar-refractivity contribution is -0.0617. The lowest BCUT2D eigenvalue weighted by Crippen LogP contribution is -2.42. The summed E-state index contributed by atoms with van der Waals surface area (Å²) >= 11 is 0. The van der Waals surface area contributed by atoms with Crippen LogP contribution in [0.25, 0.3) is 27.9 Å². The van der Waals surface area contributed by atoms with Gasteiger partial charge in [0.2, 0.25) is 0 Å². The van der Waals surface area contributed by atoms with Crippen molar-refractivity contribution in [2.75, 3.05) is 39.1 Å². The number of halogens is 2. The molecule has 10 heteroatoms. The summed E-state index contributed by atoms with van der Waals surface area (Å²) in [6.45, 7) is 1.62. The van der Waals surface area contributed by atoms with Crippen LogP contribution in [-0.4, -0.2) is 67.0 Å². The van der Waals surface area contributed by atoms with Crippen molar-refractivity contribution < 1.29 is 21.9 Å². The van der Waals surface area contributed by atoms with Crippen molar-refractivity contribution in [3.8, 4) is 22.3 Å². The minimum absolute atomic E-state index is 0.0334. The minimum atomic E-state index is -3.34. The molecule has 0 atom stereocenters. The zero-order valence-corrected chi connectivity index (χ0v) is 19.9. The average molecular weight is 499 g/mol. The summed E-state index contributed by atoms with van der Waals surface area (Å²) in [4.78, 5) is 6.46. The first-order valence-corrected chi connectivity index (χ1v) is 13.0. The first kappa shape index (κ1) is 23.5. The number of ether oxygens (including phenoxy) is 1. The van der Waals surface area contributed by atoms with Crippen LogP contribution in [0.3, 0.4) is 0 Å². The van der Waals surface area contributed by atoms with E-state index in [9.17, 15) is 17.2 Å². The third-order valence-electron chi connectivity index (χ3n) is 6.10. The summed E-state index contributed by atoms with van der Waals surface area (Å²) < 4.78 is 60.3. The van der Waals surface area contributed by atoms with Gasteiger partial charge < -0.3 is 4.74 Å². The van der Waals surface area contributed by atoms with Crippen molar-refractivity contribution in [1.29, 1.82) is 0 Å². The molecule has 0 saturated carbocycles. The van der Waals surface area contributed by atoms with Crippen molar-refractivity contribution in [2.45, 2.75) is 10.8 Å². The maximum atomic E-state index is 14.8. The van der Waals surface area contributed by atoms with E-state index in [0.717, 1.165) is 17.4 Å². The summed E-state index contributed by atoms with van der Waals surface area (Å²) in [5, 5.41) is 4.36. The van der Waals surface area contributed by atoms with E-state index in [1.807, 2.05) is 0 Å². The van der Waals surface area contributed by atoms with Crippen LogP contribution in [0.15, 0.2) is 72.0 Å². The van der Waals surface area contributed by atoms with Crippen molar-refractivity contribution >= 4 is 15.5 Å². The summed E-state index contributed by atoms with van der Waals surface area (Å²) in [6.07, 6.45) is 6.22. The fourth-order valence-corrected chi connectivity index (χ4v) is 4.83. The third-order valence-corrected chi connectivity index (χ3v) is 7.21. The molecule has 35 heavy (non-hydrogen) atoms. The van der Waals surface area contributed by atoms with Crippen molar-refractivity contribution in [3.05, 3.63) is 72.7 Å². The molecule has 182 valence electrons. The largest absolute Gasteiger partial charge is 0.379 e. The summed E-state index contributed by atoms with van der Waals surface area (Å²) in [7, 11) is -3.34. The fraction of sp³-hybridized carbons (Fsp3) is 0.280. The Hall–Kier alpha value is -3.21. The van der Waals surface area contributed by atoms with Gasteiger partial charge in [0.05, 0.1) is 30.9 Å². The number of rotatable bonds is 6. The molecule has 0 spiro atoms. The molecule has 2 aromatic heterocycles. The number of sulfone groups is 1. The van der Waals surface area contributed by atoms with Crippen LogP contribution in [0.1, 0.15) is 5.56 Å². The van der Waals surface area contributed by atoms with E-state index < -0.39 is 15.8 Å². The predicted octanol–water partition coefficient (Wildman–Crippen LogP) is 3.89. The molecule has 4 aromatic rings. The number of alkyl halides is 2. The molecular weight excluding hydrogens is 474 g/mol. The Morgan fingerprint density at radius 2 is 1.74 bits per heavy atom. The highest BCUT2D eigenvalue weighted by Gasteiger charge is 2.34. The first-order valence-electron chi connectivity index (χ1n) is 11.1. The fourth-order valence-electron chi connectivity index (χ4n) is 4.16. The van der Waals surface area contributed by atoms with Gasteiger partial charge >= 0.3 is 0 Å². The topological polar surface area (TPSA) is 76.8 Å². The highest BCUT2D eigenvalue weighted by Crippen LogP contribution is 2.32. The van der Waals surface area contributed by atoms with Gasteiger partial charge in [0, 0.05) is 48.4 Å². The maximum absolute atomic E-state index is 14.8. The number of hydrogen-bond donors (Lipinski definition) is 0. The van der Waals surface area contributed by atoms with Crippen molar-refractivity contribution in [2.24, 2.45) is 0 Å². The van der Waals surface area contributed by atoms with E-state index in [0.29, 0.717) is 43.1 Å². The molecule has 0 radical (unpaired) electrons. The predicted molar refractivity (Wildman–Crippen MR) is 128 cm³/mol. The monoisotopic (exact) mass is 498 g/mol. The number of benzene rings is 2. The second kappa shape index (κ2) is 9.10. The highest BCUT2D eigenvalue weighted by molar-refractivity contribution is 7.90. The van der Waals surface area contributed by atoms with Gasteiger partial charge in [-0.3, -0.25) is 4.90 Å². The smallest absolute Gasteiger partial charge is 0.285 e.